The predicted octanol–water partition coefficient (Wildman–Crippen LogP) is 1.58. The molecule has 6 nitrogen and oxygen atoms in total. The van der Waals surface area contributed by atoms with E-state index in [2.05, 4.69) is 5.32 Å². The molecule has 7 heteroatoms. The largest absolute Gasteiger partial charge is 0.481 e. The molecule has 0 saturated heterocycles. The number of benzene rings is 1. The Morgan fingerprint density at radius 1 is 1.53 bits per heavy atom. The van der Waals surface area contributed by atoms with Crippen LogP contribution in [0.15, 0.2) is 12.1 Å². The van der Waals surface area contributed by atoms with Gasteiger partial charge in [-0.3, -0.25) is 14.9 Å². The van der Waals surface area contributed by atoms with Crippen molar-refractivity contribution in [3.8, 4) is 5.75 Å². The van der Waals surface area contributed by atoms with Crippen molar-refractivity contribution >= 4 is 28.9 Å². The van der Waals surface area contributed by atoms with Gasteiger partial charge in [-0.25, -0.2) is 0 Å². The average molecular weight is 229 g/mol. The van der Waals surface area contributed by atoms with Crippen LogP contribution in [0.3, 0.4) is 0 Å². The number of carbonyl (C=O) groups excluding carboxylic acids is 1. The maximum atomic E-state index is 11.0. The smallest absolute Gasteiger partial charge is 0.274 e. The number of nitro groups is 1. The summed E-state index contributed by atoms with van der Waals surface area (Å²) < 4.78 is 5.01. The summed E-state index contributed by atoms with van der Waals surface area (Å²) in [6, 6.07) is 2.38. The fourth-order valence-electron chi connectivity index (χ4n) is 1.23. The number of non-ortho nitro benzene ring substituents is 1. The van der Waals surface area contributed by atoms with E-state index in [1.54, 1.807) is 0 Å². The van der Waals surface area contributed by atoms with Gasteiger partial charge in [-0.15, -0.1) is 0 Å². The van der Waals surface area contributed by atoms with Gasteiger partial charge in [-0.1, -0.05) is 11.6 Å². The Labute approximate surface area is 88.9 Å². The molecule has 0 fully saturated rings. The number of ether oxygens (including phenoxy) is 1. The van der Waals surface area contributed by atoms with Crippen molar-refractivity contribution in [3.63, 3.8) is 0 Å². The Balaban J connectivity index is 2.52. The van der Waals surface area contributed by atoms with Crippen LogP contribution >= 0.6 is 11.6 Å². The lowest BCUT2D eigenvalue weighted by Crippen LogP contribution is -2.25. The van der Waals surface area contributed by atoms with E-state index in [0.717, 1.165) is 6.07 Å². The van der Waals surface area contributed by atoms with Crippen LogP contribution in [0.4, 0.5) is 11.4 Å². The molecular weight excluding hydrogens is 224 g/mol. The van der Waals surface area contributed by atoms with Gasteiger partial charge in [0, 0.05) is 6.07 Å². The molecule has 0 bridgehead atoms. The van der Waals surface area contributed by atoms with Crippen LogP contribution in [0.5, 0.6) is 5.75 Å². The molecule has 1 aromatic rings. The Hall–Kier alpha value is -1.82. The maximum absolute atomic E-state index is 11.0. The van der Waals surface area contributed by atoms with Crippen LogP contribution in [0.2, 0.25) is 5.02 Å². The number of rotatable bonds is 1. The summed E-state index contributed by atoms with van der Waals surface area (Å²) >= 11 is 5.76. The predicted molar refractivity (Wildman–Crippen MR) is 52.2 cm³/mol. The molecule has 1 aromatic carbocycles. The zero-order valence-corrected chi connectivity index (χ0v) is 8.08. The number of carbonyl (C=O) groups is 1. The molecule has 0 unspecified atom stereocenters. The highest BCUT2D eigenvalue weighted by atomic mass is 35.5. The number of fused-ring (bicyclic) bond motifs is 1. The standard InChI is InChI=1S/C8H5ClN2O4/c9-5-1-4(11(13)14)2-6-8(5)10-7(12)3-15-6/h1-2H,3H2,(H,10,12). The number of nitrogens with zero attached hydrogens (tertiary/aromatic N) is 1. The topological polar surface area (TPSA) is 81.5 Å². The highest BCUT2D eigenvalue weighted by Gasteiger charge is 2.22. The third-order valence-electron chi connectivity index (χ3n) is 1.87. The van der Waals surface area contributed by atoms with Crippen molar-refractivity contribution in [2.75, 3.05) is 11.9 Å². The zero-order valence-electron chi connectivity index (χ0n) is 7.32. The van der Waals surface area contributed by atoms with Crippen LogP contribution in [0.25, 0.3) is 0 Å². The van der Waals surface area contributed by atoms with Gasteiger partial charge in [0.05, 0.1) is 16.0 Å². The van der Waals surface area contributed by atoms with Gasteiger partial charge in [0.15, 0.2) is 12.4 Å². The van der Waals surface area contributed by atoms with Crippen LogP contribution in [0.1, 0.15) is 0 Å². The van der Waals surface area contributed by atoms with E-state index in [9.17, 15) is 14.9 Å². The summed E-state index contributed by atoms with van der Waals surface area (Å²) in [6.07, 6.45) is 0. The van der Waals surface area contributed by atoms with Gasteiger partial charge >= 0.3 is 0 Å². The molecule has 2 rings (SSSR count). The van der Waals surface area contributed by atoms with Crippen molar-refractivity contribution in [2.24, 2.45) is 0 Å². The highest BCUT2D eigenvalue weighted by molar-refractivity contribution is 6.34. The zero-order chi connectivity index (χ0) is 11.0. The molecule has 1 heterocycles. The molecule has 1 aliphatic heterocycles. The first-order valence-corrected chi connectivity index (χ1v) is 4.36. The highest BCUT2D eigenvalue weighted by Crippen LogP contribution is 2.38. The molecule has 0 radical (unpaired) electrons. The molecule has 0 atom stereocenters. The van der Waals surface area contributed by atoms with E-state index >= 15 is 0 Å². The molecule has 0 spiro atoms. The van der Waals surface area contributed by atoms with Gasteiger partial charge in [0.1, 0.15) is 5.69 Å². The number of anilines is 1. The minimum Gasteiger partial charge on any atom is -0.481 e. The first-order chi connectivity index (χ1) is 7.08. The first-order valence-electron chi connectivity index (χ1n) is 3.98. The second-order valence-corrected chi connectivity index (χ2v) is 3.30. The fraction of sp³-hybridized carbons (Fsp3) is 0.125. The summed E-state index contributed by atoms with van der Waals surface area (Å²) in [6.45, 7) is -0.162. The van der Waals surface area contributed by atoms with Crippen LogP contribution in [0, 0.1) is 10.1 Å². The lowest BCUT2D eigenvalue weighted by Gasteiger charge is -2.18. The normalized spacial score (nSPS) is 13.8. The molecule has 1 amide bonds. The van der Waals surface area contributed by atoms with E-state index < -0.39 is 4.92 Å². The Morgan fingerprint density at radius 2 is 2.27 bits per heavy atom. The summed E-state index contributed by atoms with van der Waals surface area (Å²) in [5.41, 5.74) is 0.105. The SMILES string of the molecule is O=C1COc2cc([N+](=O)[O-])cc(Cl)c2N1. The molecule has 0 aromatic heterocycles. The molecule has 1 aliphatic rings. The second-order valence-electron chi connectivity index (χ2n) is 2.89. The second kappa shape index (κ2) is 3.39. The molecule has 78 valence electrons. The summed E-state index contributed by atoms with van der Waals surface area (Å²) in [7, 11) is 0. The third kappa shape index (κ3) is 1.71. The summed E-state index contributed by atoms with van der Waals surface area (Å²) in [5.74, 6) is -0.118. The van der Waals surface area contributed by atoms with Crippen molar-refractivity contribution in [2.45, 2.75) is 0 Å². The number of halogens is 1. The number of hydrogen-bond acceptors (Lipinski definition) is 4. The van der Waals surface area contributed by atoms with Crippen molar-refractivity contribution in [1.29, 1.82) is 0 Å². The van der Waals surface area contributed by atoms with E-state index in [1.807, 2.05) is 0 Å². The molecule has 0 aliphatic carbocycles. The van der Waals surface area contributed by atoms with Crippen molar-refractivity contribution in [1.82, 2.24) is 0 Å². The van der Waals surface area contributed by atoms with Gasteiger partial charge in [0.2, 0.25) is 0 Å². The van der Waals surface area contributed by atoms with E-state index in [4.69, 9.17) is 16.3 Å². The third-order valence-corrected chi connectivity index (χ3v) is 2.17. The molecule has 15 heavy (non-hydrogen) atoms. The summed E-state index contributed by atoms with van der Waals surface area (Å²) in [4.78, 5) is 20.9. The molecule has 0 saturated carbocycles. The Morgan fingerprint density at radius 3 is 2.93 bits per heavy atom. The lowest BCUT2D eigenvalue weighted by atomic mass is 10.2. The van der Waals surface area contributed by atoms with Gasteiger partial charge < -0.3 is 10.1 Å². The lowest BCUT2D eigenvalue weighted by molar-refractivity contribution is -0.384. The fourth-order valence-corrected chi connectivity index (χ4v) is 1.48. The van der Waals surface area contributed by atoms with Gasteiger partial charge in [-0.2, -0.15) is 0 Å². The Bertz CT molecular complexity index is 460. The van der Waals surface area contributed by atoms with Crippen molar-refractivity contribution in [3.05, 3.63) is 27.3 Å². The quantitative estimate of drug-likeness (QED) is 0.584. The summed E-state index contributed by atoms with van der Waals surface area (Å²) in [5, 5.41) is 13.1. The number of nitrogens with one attached hydrogen (secondary N) is 1. The number of hydrogen-bond donors (Lipinski definition) is 1. The Kier molecular flexibility index (Phi) is 2.20. The van der Waals surface area contributed by atoms with E-state index in [0.29, 0.717) is 0 Å². The van der Waals surface area contributed by atoms with Gasteiger partial charge in [-0.05, 0) is 0 Å². The van der Waals surface area contributed by atoms with Crippen LogP contribution in [-0.4, -0.2) is 17.4 Å². The minimum absolute atomic E-state index is 0.0900. The first kappa shape index (κ1) is 9.72. The minimum atomic E-state index is -0.577. The van der Waals surface area contributed by atoms with E-state index in [1.165, 1.54) is 6.07 Å². The van der Waals surface area contributed by atoms with Crippen molar-refractivity contribution < 1.29 is 14.5 Å². The van der Waals surface area contributed by atoms with Crippen LogP contribution in [-0.2, 0) is 4.79 Å². The van der Waals surface area contributed by atoms with Gasteiger partial charge in [0.25, 0.3) is 11.6 Å². The molecule has 1 N–H and O–H groups in total. The van der Waals surface area contributed by atoms with Crippen LogP contribution < -0.4 is 10.1 Å². The number of nitro benzene ring substituents is 1. The monoisotopic (exact) mass is 228 g/mol. The van der Waals surface area contributed by atoms with E-state index in [-0.39, 0.29) is 34.7 Å². The number of amides is 1. The maximum Gasteiger partial charge on any atom is 0.274 e. The average Bonchev–Trinajstić information content (AvgIpc) is 2.18. The molecular formula is C8H5ClN2O4.